The van der Waals surface area contributed by atoms with Crippen LogP contribution in [0.25, 0.3) is 0 Å². The third-order valence-electron chi connectivity index (χ3n) is 2.22. The van der Waals surface area contributed by atoms with E-state index >= 15 is 0 Å². The average Bonchev–Trinajstić information content (AvgIpc) is 2.32. The minimum Gasteiger partial charge on any atom is -0.322 e. The summed E-state index contributed by atoms with van der Waals surface area (Å²) in [5.74, 6) is -3.64. The van der Waals surface area contributed by atoms with Crippen molar-refractivity contribution in [1.82, 2.24) is 0 Å². The van der Waals surface area contributed by atoms with Crippen LogP contribution >= 0.6 is 11.8 Å². The molecule has 0 fully saturated rings. The Morgan fingerprint density at radius 2 is 2.11 bits per heavy atom. The quantitative estimate of drug-likeness (QED) is 0.811. The van der Waals surface area contributed by atoms with Gasteiger partial charge in [-0.15, -0.1) is 0 Å². The van der Waals surface area contributed by atoms with Crippen molar-refractivity contribution in [2.75, 3.05) is 17.3 Å². The van der Waals surface area contributed by atoms with Crippen LogP contribution in [0, 0.1) is 17.5 Å². The van der Waals surface area contributed by atoms with Gasteiger partial charge in [0.2, 0.25) is 5.91 Å². The van der Waals surface area contributed by atoms with E-state index in [1.807, 2.05) is 6.26 Å². The van der Waals surface area contributed by atoms with E-state index in [1.54, 1.807) is 0 Å². The molecular formula is C11H13F3N2OS. The Kier molecular flexibility index (Phi) is 5.49. The first-order valence-electron chi connectivity index (χ1n) is 5.15. The molecule has 1 atom stereocenters. The van der Waals surface area contributed by atoms with E-state index in [1.165, 1.54) is 11.8 Å². The number of halogens is 3. The molecule has 0 heterocycles. The standard InChI is InChI=1S/C11H13F3N2OS/c1-18-3-2-8(15)11(17)16-9-5-6(12)4-7(13)10(9)14/h4-5,8H,2-3,15H2,1H3,(H,16,17)/t8-/m1/s1. The molecule has 1 amide bonds. The van der Waals surface area contributed by atoms with Crippen molar-refractivity contribution >= 4 is 23.4 Å². The Labute approximate surface area is 107 Å². The zero-order chi connectivity index (χ0) is 13.7. The van der Waals surface area contributed by atoms with Crippen LogP contribution in [0.15, 0.2) is 12.1 Å². The molecule has 0 unspecified atom stereocenters. The summed E-state index contributed by atoms with van der Waals surface area (Å²) < 4.78 is 39.0. The zero-order valence-corrected chi connectivity index (χ0v) is 10.5. The van der Waals surface area contributed by atoms with Gasteiger partial charge in [0.1, 0.15) is 5.82 Å². The van der Waals surface area contributed by atoms with Crippen molar-refractivity contribution in [3.05, 3.63) is 29.6 Å². The van der Waals surface area contributed by atoms with E-state index in [9.17, 15) is 18.0 Å². The average molecular weight is 278 g/mol. The molecule has 1 aromatic rings. The van der Waals surface area contributed by atoms with Gasteiger partial charge in [-0.25, -0.2) is 13.2 Å². The normalized spacial score (nSPS) is 12.3. The predicted octanol–water partition coefficient (Wildman–Crippen LogP) is 2.12. The fourth-order valence-corrected chi connectivity index (χ4v) is 1.74. The summed E-state index contributed by atoms with van der Waals surface area (Å²) >= 11 is 1.51. The molecule has 0 bridgehead atoms. The van der Waals surface area contributed by atoms with Gasteiger partial charge in [-0.05, 0) is 18.4 Å². The van der Waals surface area contributed by atoms with Gasteiger partial charge in [-0.2, -0.15) is 11.8 Å². The highest BCUT2D eigenvalue weighted by Crippen LogP contribution is 2.19. The molecule has 100 valence electrons. The van der Waals surface area contributed by atoms with Crippen LogP contribution in [-0.2, 0) is 4.79 Å². The monoisotopic (exact) mass is 278 g/mol. The first kappa shape index (κ1) is 14.8. The molecule has 0 aliphatic rings. The lowest BCUT2D eigenvalue weighted by molar-refractivity contribution is -0.117. The number of benzene rings is 1. The zero-order valence-electron chi connectivity index (χ0n) is 9.67. The number of hydrogen-bond acceptors (Lipinski definition) is 3. The number of amides is 1. The van der Waals surface area contributed by atoms with Crippen molar-refractivity contribution in [3.8, 4) is 0 Å². The summed E-state index contributed by atoms with van der Waals surface area (Å²) in [7, 11) is 0. The number of anilines is 1. The fraction of sp³-hybridized carbons (Fsp3) is 0.364. The summed E-state index contributed by atoms with van der Waals surface area (Å²) in [5, 5.41) is 2.07. The molecule has 0 saturated heterocycles. The maximum atomic E-state index is 13.3. The SMILES string of the molecule is CSCC[C@@H](N)C(=O)Nc1cc(F)cc(F)c1F. The highest BCUT2D eigenvalue weighted by atomic mass is 32.2. The smallest absolute Gasteiger partial charge is 0.241 e. The van der Waals surface area contributed by atoms with E-state index in [0.717, 1.165) is 0 Å². The number of thioether (sulfide) groups is 1. The molecule has 7 heteroatoms. The van der Waals surface area contributed by atoms with E-state index in [0.29, 0.717) is 24.3 Å². The minimum absolute atomic E-state index is 0.395. The Hall–Kier alpha value is -1.21. The van der Waals surface area contributed by atoms with Crippen LogP contribution in [0.3, 0.4) is 0 Å². The third kappa shape index (κ3) is 3.92. The summed E-state index contributed by atoms with van der Waals surface area (Å²) in [6.07, 6.45) is 2.25. The number of nitrogens with one attached hydrogen (secondary N) is 1. The van der Waals surface area contributed by atoms with Gasteiger partial charge in [-0.1, -0.05) is 0 Å². The number of hydrogen-bond donors (Lipinski definition) is 2. The van der Waals surface area contributed by atoms with E-state index in [2.05, 4.69) is 5.32 Å². The number of rotatable bonds is 5. The lowest BCUT2D eigenvalue weighted by atomic mass is 10.2. The van der Waals surface area contributed by atoms with E-state index in [-0.39, 0.29) is 0 Å². The molecular weight excluding hydrogens is 265 g/mol. The van der Waals surface area contributed by atoms with Crippen LogP contribution in [0.1, 0.15) is 6.42 Å². The maximum absolute atomic E-state index is 13.3. The largest absolute Gasteiger partial charge is 0.322 e. The Morgan fingerprint density at radius 1 is 1.44 bits per heavy atom. The second-order valence-electron chi connectivity index (χ2n) is 3.63. The van der Waals surface area contributed by atoms with Crippen molar-refractivity contribution in [1.29, 1.82) is 0 Å². The number of carbonyl (C=O) groups is 1. The second-order valence-corrected chi connectivity index (χ2v) is 4.61. The third-order valence-corrected chi connectivity index (χ3v) is 2.86. The molecule has 0 spiro atoms. The van der Waals surface area contributed by atoms with E-state index < -0.39 is 35.1 Å². The summed E-state index contributed by atoms with van der Waals surface area (Å²) in [4.78, 5) is 11.5. The van der Waals surface area contributed by atoms with Crippen molar-refractivity contribution in [3.63, 3.8) is 0 Å². The fourth-order valence-electron chi connectivity index (χ4n) is 1.25. The Bertz CT molecular complexity index is 443. The topological polar surface area (TPSA) is 55.1 Å². The summed E-state index contributed by atoms with van der Waals surface area (Å²) in [6.45, 7) is 0. The number of carbonyl (C=O) groups excluding carboxylic acids is 1. The second kappa shape index (κ2) is 6.65. The van der Waals surface area contributed by atoms with Crippen LogP contribution in [0.4, 0.5) is 18.9 Å². The van der Waals surface area contributed by atoms with Gasteiger partial charge in [-0.3, -0.25) is 4.79 Å². The first-order chi connectivity index (χ1) is 8.45. The van der Waals surface area contributed by atoms with Gasteiger partial charge in [0.15, 0.2) is 11.6 Å². The number of nitrogens with two attached hydrogens (primary N) is 1. The molecule has 3 N–H and O–H groups in total. The van der Waals surface area contributed by atoms with Crippen molar-refractivity contribution in [2.24, 2.45) is 5.73 Å². The van der Waals surface area contributed by atoms with Crippen molar-refractivity contribution in [2.45, 2.75) is 12.5 Å². The van der Waals surface area contributed by atoms with Gasteiger partial charge in [0.05, 0.1) is 11.7 Å². The maximum Gasteiger partial charge on any atom is 0.241 e. The van der Waals surface area contributed by atoms with Gasteiger partial charge in [0, 0.05) is 12.1 Å². The van der Waals surface area contributed by atoms with Crippen LogP contribution in [0.2, 0.25) is 0 Å². The van der Waals surface area contributed by atoms with Crippen LogP contribution < -0.4 is 11.1 Å². The highest BCUT2D eigenvalue weighted by Gasteiger charge is 2.17. The van der Waals surface area contributed by atoms with Crippen molar-refractivity contribution < 1.29 is 18.0 Å². The molecule has 18 heavy (non-hydrogen) atoms. The summed E-state index contributed by atoms with van der Waals surface area (Å²) in [5.41, 5.74) is 5.00. The molecule has 0 radical (unpaired) electrons. The predicted molar refractivity (Wildman–Crippen MR) is 65.9 cm³/mol. The molecule has 0 aliphatic carbocycles. The van der Waals surface area contributed by atoms with Crippen LogP contribution in [0.5, 0.6) is 0 Å². The highest BCUT2D eigenvalue weighted by molar-refractivity contribution is 7.98. The summed E-state index contributed by atoms with van der Waals surface area (Å²) in [6, 6.07) is 0.263. The molecule has 3 nitrogen and oxygen atoms in total. The molecule has 1 aromatic carbocycles. The van der Waals surface area contributed by atoms with Gasteiger partial charge >= 0.3 is 0 Å². The molecule has 0 aliphatic heterocycles. The first-order valence-corrected chi connectivity index (χ1v) is 6.55. The van der Waals surface area contributed by atoms with Crippen LogP contribution in [-0.4, -0.2) is 24.0 Å². The van der Waals surface area contributed by atoms with Gasteiger partial charge in [0.25, 0.3) is 0 Å². The van der Waals surface area contributed by atoms with Gasteiger partial charge < -0.3 is 11.1 Å². The Morgan fingerprint density at radius 3 is 2.72 bits per heavy atom. The Balaban J connectivity index is 2.75. The van der Waals surface area contributed by atoms with E-state index in [4.69, 9.17) is 5.73 Å². The molecule has 0 aromatic heterocycles. The molecule has 1 rings (SSSR count). The molecule has 0 saturated carbocycles. The minimum atomic E-state index is -1.36. The lowest BCUT2D eigenvalue weighted by Gasteiger charge is -2.12. The lowest BCUT2D eigenvalue weighted by Crippen LogP contribution is -2.36.